The topological polar surface area (TPSA) is 44.8 Å². The Morgan fingerprint density at radius 1 is 0.821 bits per heavy atom. The standard InChI is InChI=1S/C20H28O2.C15H20O2/c1-3-14-4-6-18(7-5-14)22-19(21-2)20-11-15-8-16(12-20)10-17(9-15)13-20;1-3-12-6-8-13(9-7-12)14(16)17-15(2)10-4-5-11-15/h4-7,15-17,19H,3,8-13H2,1-2H3;6-9H,3-5,10-11H2,1-2H3. The fourth-order valence-electron chi connectivity index (χ4n) is 8.20. The number of carbonyl (C=O) groups is 1. The van der Waals surface area contributed by atoms with Crippen molar-refractivity contribution >= 4 is 5.97 Å². The fraction of sp³-hybridized carbons (Fsp3) is 0.629. The van der Waals surface area contributed by atoms with Crippen molar-refractivity contribution < 1.29 is 19.0 Å². The van der Waals surface area contributed by atoms with Crippen LogP contribution in [0.25, 0.3) is 0 Å². The van der Waals surface area contributed by atoms with E-state index in [-0.39, 0.29) is 23.3 Å². The minimum Gasteiger partial charge on any atom is -0.464 e. The van der Waals surface area contributed by atoms with Crippen LogP contribution in [0.2, 0.25) is 0 Å². The predicted octanol–water partition coefficient (Wildman–Crippen LogP) is 8.56. The van der Waals surface area contributed by atoms with E-state index in [9.17, 15) is 4.79 Å². The van der Waals surface area contributed by atoms with Crippen LogP contribution in [0, 0.1) is 23.2 Å². The number of rotatable bonds is 8. The van der Waals surface area contributed by atoms with Crippen LogP contribution in [0.4, 0.5) is 0 Å². The number of benzene rings is 2. The molecule has 0 N–H and O–H groups in total. The van der Waals surface area contributed by atoms with Gasteiger partial charge in [0.15, 0.2) is 0 Å². The summed E-state index contributed by atoms with van der Waals surface area (Å²) in [4.78, 5) is 12.0. The Labute approximate surface area is 235 Å². The molecule has 0 aliphatic heterocycles. The minimum absolute atomic E-state index is 0.0756. The summed E-state index contributed by atoms with van der Waals surface area (Å²) in [7, 11) is 1.82. The van der Waals surface area contributed by atoms with Gasteiger partial charge in [-0.2, -0.15) is 0 Å². The van der Waals surface area contributed by atoms with E-state index < -0.39 is 0 Å². The van der Waals surface area contributed by atoms with Crippen molar-refractivity contribution in [1.82, 2.24) is 0 Å². The molecule has 0 saturated heterocycles. The first-order valence-electron chi connectivity index (χ1n) is 15.4. The maximum absolute atomic E-state index is 12.0. The highest BCUT2D eigenvalue weighted by molar-refractivity contribution is 5.89. The van der Waals surface area contributed by atoms with Crippen LogP contribution >= 0.6 is 0 Å². The highest BCUT2D eigenvalue weighted by Crippen LogP contribution is 2.61. The van der Waals surface area contributed by atoms with Crippen molar-refractivity contribution in [3.05, 3.63) is 65.2 Å². The van der Waals surface area contributed by atoms with Crippen LogP contribution in [0.15, 0.2) is 48.5 Å². The zero-order valence-electron chi connectivity index (χ0n) is 24.5. The van der Waals surface area contributed by atoms with Crippen LogP contribution in [0.5, 0.6) is 5.75 Å². The van der Waals surface area contributed by atoms with Crippen molar-refractivity contribution in [2.45, 2.75) is 110 Å². The number of hydrogen-bond donors (Lipinski definition) is 0. The van der Waals surface area contributed by atoms with E-state index in [2.05, 4.69) is 38.1 Å². The van der Waals surface area contributed by atoms with Gasteiger partial charge in [-0.1, -0.05) is 38.1 Å². The van der Waals surface area contributed by atoms with Gasteiger partial charge >= 0.3 is 5.97 Å². The molecule has 5 aliphatic carbocycles. The minimum atomic E-state index is -0.236. The van der Waals surface area contributed by atoms with Gasteiger partial charge in [0.2, 0.25) is 6.29 Å². The first-order valence-corrected chi connectivity index (χ1v) is 15.4. The summed E-state index contributed by atoms with van der Waals surface area (Å²) in [6.07, 6.45) is 14.6. The molecule has 7 rings (SSSR count). The Morgan fingerprint density at radius 2 is 1.31 bits per heavy atom. The first-order chi connectivity index (χ1) is 18.8. The summed E-state index contributed by atoms with van der Waals surface area (Å²) >= 11 is 0. The average Bonchev–Trinajstić information content (AvgIpc) is 3.37. The Morgan fingerprint density at radius 3 is 1.77 bits per heavy atom. The van der Waals surface area contributed by atoms with Crippen molar-refractivity contribution in [3.8, 4) is 5.75 Å². The van der Waals surface area contributed by atoms with Crippen molar-refractivity contribution in [3.63, 3.8) is 0 Å². The van der Waals surface area contributed by atoms with Gasteiger partial charge < -0.3 is 14.2 Å². The molecule has 0 spiro atoms. The summed E-state index contributed by atoms with van der Waals surface area (Å²) in [5, 5.41) is 0. The summed E-state index contributed by atoms with van der Waals surface area (Å²) in [6, 6.07) is 16.3. The maximum Gasteiger partial charge on any atom is 0.338 e. The van der Waals surface area contributed by atoms with Gasteiger partial charge in [0.1, 0.15) is 11.4 Å². The number of methoxy groups -OCH3 is 1. The summed E-state index contributed by atoms with van der Waals surface area (Å²) < 4.78 is 17.8. The molecule has 0 heterocycles. The SMILES string of the molecule is CCc1ccc(C(=O)OC2(C)CCCC2)cc1.CCc1ccc(OC(OC)C23CC4CC(CC(C4)C2)C3)cc1. The van der Waals surface area contributed by atoms with Crippen molar-refractivity contribution in [2.24, 2.45) is 23.2 Å². The maximum atomic E-state index is 12.0. The van der Waals surface area contributed by atoms with Gasteiger partial charge in [-0.05, 0) is 137 Å². The van der Waals surface area contributed by atoms with Gasteiger partial charge in [-0.15, -0.1) is 0 Å². The Kier molecular flexibility index (Phi) is 8.71. The third kappa shape index (κ3) is 6.53. The molecular weight excluding hydrogens is 484 g/mol. The number of hydrogen-bond acceptors (Lipinski definition) is 4. The smallest absolute Gasteiger partial charge is 0.338 e. The molecular formula is C35H48O4. The van der Waals surface area contributed by atoms with E-state index in [0.717, 1.165) is 49.2 Å². The molecule has 0 aromatic heterocycles. The third-order valence-electron chi connectivity index (χ3n) is 9.97. The largest absolute Gasteiger partial charge is 0.464 e. The molecule has 2 aromatic carbocycles. The molecule has 2 aromatic rings. The van der Waals surface area contributed by atoms with Gasteiger partial charge in [0.05, 0.1) is 5.56 Å². The third-order valence-corrected chi connectivity index (χ3v) is 9.97. The van der Waals surface area contributed by atoms with E-state index in [0.29, 0.717) is 5.56 Å². The van der Waals surface area contributed by atoms with E-state index >= 15 is 0 Å². The number of esters is 1. The normalized spacial score (nSPS) is 28.9. The van der Waals surface area contributed by atoms with Gasteiger partial charge in [-0.25, -0.2) is 4.79 Å². The number of ether oxygens (including phenoxy) is 3. The molecule has 0 radical (unpaired) electrons. The van der Waals surface area contributed by atoms with Gasteiger partial charge in [-0.3, -0.25) is 0 Å². The van der Waals surface area contributed by atoms with Crippen molar-refractivity contribution in [2.75, 3.05) is 7.11 Å². The van der Waals surface area contributed by atoms with Crippen LogP contribution in [-0.2, 0) is 22.3 Å². The molecule has 212 valence electrons. The Bertz CT molecular complexity index is 1050. The monoisotopic (exact) mass is 532 g/mol. The van der Waals surface area contributed by atoms with Crippen LogP contribution in [0.3, 0.4) is 0 Å². The Balaban J connectivity index is 0.000000164. The molecule has 5 fully saturated rings. The zero-order chi connectivity index (χ0) is 27.5. The van der Waals surface area contributed by atoms with Crippen molar-refractivity contribution in [1.29, 1.82) is 0 Å². The van der Waals surface area contributed by atoms with Gasteiger partial charge in [0.25, 0.3) is 0 Å². The zero-order valence-corrected chi connectivity index (χ0v) is 24.5. The van der Waals surface area contributed by atoms with E-state index in [1.54, 1.807) is 0 Å². The summed E-state index contributed by atoms with van der Waals surface area (Å²) in [5.74, 6) is 3.55. The lowest BCUT2D eigenvalue weighted by Crippen LogP contribution is -2.53. The molecule has 0 amide bonds. The van der Waals surface area contributed by atoms with Crippen LogP contribution in [-0.4, -0.2) is 25.0 Å². The fourth-order valence-corrected chi connectivity index (χ4v) is 8.20. The lowest BCUT2D eigenvalue weighted by Gasteiger charge is -2.58. The molecule has 1 atom stereocenters. The summed E-state index contributed by atoms with van der Waals surface area (Å²) in [6.45, 7) is 6.33. The lowest BCUT2D eigenvalue weighted by atomic mass is 9.49. The van der Waals surface area contributed by atoms with E-state index in [4.69, 9.17) is 14.2 Å². The molecule has 4 heteroatoms. The lowest BCUT2D eigenvalue weighted by molar-refractivity contribution is -0.204. The second kappa shape index (κ2) is 12.0. The first kappa shape index (κ1) is 28.2. The van der Waals surface area contributed by atoms with E-state index in [1.807, 2.05) is 38.3 Å². The highest BCUT2D eigenvalue weighted by Gasteiger charge is 2.55. The molecule has 5 aliphatic rings. The predicted molar refractivity (Wildman–Crippen MR) is 156 cm³/mol. The van der Waals surface area contributed by atoms with E-state index in [1.165, 1.54) is 62.5 Å². The second-order valence-electron chi connectivity index (χ2n) is 13.1. The average molecular weight is 533 g/mol. The number of aryl methyl sites for hydroxylation is 2. The molecule has 5 saturated carbocycles. The highest BCUT2D eigenvalue weighted by atomic mass is 16.7. The van der Waals surface area contributed by atoms with Gasteiger partial charge in [0, 0.05) is 12.5 Å². The van der Waals surface area contributed by atoms with Crippen LogP contribution in [0.1, 0.15) is 106 Å². The molecule has 4 nitrogen and oxygen atoms in total. The molecule has 4 bridgehead atoms. The Hall–Kier alpha value is -2.33. The second-order valence-corrected chi connectivity index (χ2v) is 13.1. The summed E-state index contributed by atoms with van der Waals surface area (Å²) in [5.41, 5.74) is 3.30. The molecule has 1 unspecified atom stereocenters. The molecule has 39 heavy (non-hydrogen) atoms. The van der Waals surface area contributed by atoms with Crippen LogP contribution < -0.4 is 4.74 Å². The number of carbonyl (C=O) groups excluding carboxylic acids is 1. The quantitative estimate of drug-likeness (QED) is 0.252.